The molecule has 0 aliphatic rings. The monoisotopic (exact) mass is 388 g/mol. The number of benzene rings is 2. The number of hydrogen-bond donors (Lipinski definition) is 3. The Morgan fingerprint density at radius 2 is 1.48 bits per heavy atom. The minimum Gasteiger partial charge on any atom is -0.548 e. The van der Waals surface area contributed by atoms with Gasteiger partial charge in [-0.1, -0.05) is 36.4 Å². The normalized spacial score (nSPS) is 12.3. The molecule has 0 aliphatic heterocycles. The topological polar surface area (TPSA) is 101 Å². The van der Waals surface area contributed by atoms with Crippen LogP contribution in [0.5, 0.6) is 0 Å². The zero-order valence-electron chi connectivity index (χ0n) is 15.9. The van der Waals surface area contributed by atoms with Crippen molar-refractivity contribution < 1.29 is 14.7 Å². The number of aromatic nitrogens is 2. The van der Waals surface area contributed by atoms with E-state index in [1.165, 1.54) is 0 Å². The molecule has 2 heterocycles. The molecule has 0 saturated carbocycles. The van der Waals surface area contributed by atoms with Gasteiger partial charge in [0.25, 0.3) is 0 Å². The van der Waals surface area contributed by atoms with Crippen molar-refractivity contribution in [2.75, 3.05) is 0 Å². The van der Waals surface area contributed by atoms with Crippen LogP contribution in [0.2, 0.25) is 0 Å². The maximum absolute atomic E-state index is 12.3. The lowest BCUT2D eigenvalue weighted by atomic mass is 10.0. The Kier molecular flexibility index (Phi) is 5.33. The number of rotatable bonds is 8. The Bertz CT molecular complexity index is 1160. The van der Waals surface area contributed by atoms with Gasteiger partial charge in [0.15, 0.2) is 0 Å². The van der Waals surface area contributed by atoms with Gasteiger partial charge in [-0.2, -0.15) is 0 Å². The minimum absolute atomic E-state index is 0.181. The van der Waals surface area contributed by atoms with Gasteiger partial charge in [-0.05, 0) is 36.1 Å². The molecule has 0 aliphatic carbocycles. The van der Waals surface area contributed by atoms with E-state index in [1.807, 2.05) is 48.7 Å². The number of hydrogen-bond acceptors (Lipinski definition) is 3. The van der Waals surface area contributed by atoms with Crippen LogP contribution >= 0.6 is 0 Å². The highest BCUT2D eigenvalue weighted by molar-refractivity contribution is 5.86. The second-order valence-corrected chi connectivity index (χ2v) is 7.22. The van der Waals surface area contributed by atoms with Crippen LogP contribution in [0.1, 0.15) is 24.0 Å². The first kappa shape index (κ1) is 18.8. The first-order chi connectivity index (χ1) is 14.1. The standard InChI is InChI=1S/C23H23N3O3/c27-22(11-5-6-15-13-24-19-9-3-1-7-17(15)19)26-21(23(28)29)12-16-14-25-20-10-4-2-8-18(16)20/h1-4,7-10,13-14,21,24-25H,5-6,11-12H2,(H,26,27)(H,28,29)/p-1/t21-/m0/s1. The van der Waals surface area contributed by atoms with Gasteiger partial charge < -0.3 is 25.2 Å². The summed E-state index contributed by atoms with van der Waals surface area (Å²) in [5.41, 5.74) is 4.00. The van der Waals surface area contributed by atoms with Crippen molar-refractivity contribution in [3.8, 4) is 0 Å². The number of carbonyl (C=O) groups is 2. The average molecular weight is 388 g/mol. The molecule has 29 heavy (non-hydrogen) atoms. The Labute approximate surface area is 167 Å². The first-order valence-corrected chi connectivity index (χ1v) is 9.72. The molecule has 3 N–H and O–H groups in total. The number of amides is 1. The second-order valence-electron chi connectivity index (χ2n) is 7.22. The van der Waals surface area contributed by atoms with Crippen LogP contribution in [0, 0.1) is 0 Å². The quantitative estimate of drug-likeness (QED) is 0.432. The number of nitrogens with one attached hydrogen (secondary N) is 3. The summed E-state index contributed by atoms with van der Waals surface area (Å²) in [7, 11) is 0. The van der Waals surface area contributed by atoms with Gasteiger partial charge in [-0.15, -0.1) is 0 Å². The minimum atomic E-state index is -1.28. The second kappa shape index (κ2) is 8.22. The van der Waals surface area contributed by atoms with E-state index in [0.29, 0.717) is 6.42 Å². The molecule has 0 radical (unpaired) electrons. The van der Waals surface area contributed by atoms with Crippen LogP contribution in [0.4, 0.5) is 0 Å². The largest absolute Gasteiger partial charge is 0.548 e. The predicted molar refractivity (Wildman–Crippen MR) is 110 cm³/mol. The van der Waals surface area contributed by atoms with Crippen molar-refractivity contribution in [3.05, 3.63) is 72.1 Å². The van der Waals surface area contributed by atoms with E-state index >= 15 is 0 Å². The van der Waals surface area contributed by atoms with Gasteiger partial charge in [-0.3, -0.25) is 4.79 Å². The van der Waals surface area contributed by atoms with E-state index in [1.54, 1.807) is 6.20 Å². The number of para-hydroxylation sites is 2. The highest BCUT2D eigenvalue weighted by Gasteiger charge is 2.16. The van der Waals surface area contributed by atoms with Gasteiger partial charge in [0, 0.05) is 47.0 Å². The van der Waals surface area contributed by atoms with Crippen LogP contribution in [0.25, 0.3) is 21.8 Å². The Balaban J connectivity index is 1.34. The molecule has 4 aromatic rings. The van der Waals surface area contributed by atoms with E-state index in [2.05, 4.69) is 21.4 Å². The lowest BCUT2D eigenvalue weighted by Gasteiger charge is -2.19. The SMILES string of the molecule is O=C(CCCc1c[nH]c2ccccc12)N[C@@H](Cc1c[nH]c2ccccc12)C(=O)[O-]. The summed E-state index contributed by atoms with van der Waals surface area (Å²) in [6, 6.07) is 14.6. The third kappa shape index (κ3) is 4.16. The number of carbonyl (C=O) groups excluding carboxylic acids is 2. The zero-order valence-corrected chi connectivity index (χ0v) is 15.9. The van der Waals surface area contributed by atoms with Gasteiger partial charge in [0.05, 0.1) is 12.0 Å². The van der Waals surface area contributed by atoms with Crippen molar-refractivity contribution in [3.63, 3.8) is 0 Å². The van der Waals surface area contributed by atoms with Gasteiger partial charge in [-0.25, -0.2) is 0 Å². The first-order valence-electron chi connectivity index (χ1n) is 9.72. The third-order valence-corrected chi connectivity index (χ3v) is 5.24. The highest BCUT2D eigenvalue weighted by atomic mass is 16.4. The number of carboxylic acids is 1. The fraction of sp³-hybridized carbons (Fsp3) is 0.217. The van der Waals surface area contributed by atoms with Crippen molar-refractivity contribution in [2.24, 2.45) is 0 Å². The summed E-state index contributed by atoms with van der Waals surface area (Å²) in [5, 5.41) is 16.3. The molecule has 2 aromatic carbocycles. The Morgan fingerprint density at radius 1 is 0.897 bits per heavy atom. The summed E-state index contributed by atoms with van der Waals surface area (Å²) in [4.78, 5) is 30.2. The van der Waals surface area contributed by atoms with Crippen molar-refractivity contribution in [1.82, 2.24) is 15.3 Å². The summed E-state index contributed by atoms with van der Waals surface area (Å²) >= 11 is 0. The van der Waals surface area contributed by atoms with Crippen LogP contribution in [-0.2, 0) is 22.4 Å². The number of aliphatic carboxylic acids is 1. The lowest BCUT2D eigenvalue weighted by molar-refractivity contribution is -0.308. The van der Waals surface area contributed by atoms with Crippen LogP contribution in [0.3, 0.4) is 0 Å². The zero-order chi connectivity index (χ0) is 20.2. The molecule has 6 heteroatoms. The maximum Gasteiger partial charge on any atom is 0.220 e. The van der Waals surface area contributed by atoms with Crippen LogP contribution in [-0.4, -0.2) is 27.9 Å². The van der Waals surface area contributed by atoms with E-state index < -0.39 is 12.0 Å². The molecular formula is C23H22N3O3-. The summed E-state index contributed by atoms with van der Waals surface area (Å²) in [6.45, 7) is 0. The fourth-order valence-electron chi connectivity index (χ4n) is 3.76. The maximum atomic E-state index is 12.3. The highest BCUT2D eigenvalue weighted by Crippen LogP contribution is 2.20. The Morgan fingerprint density at radius 3 is 2.14 bits per heavy atom. The number of aryl methyl sites for hydroxylation is 1. The molecular weight excluding hydrogens is 366 g/mol. The van der Waals surface area contributed by atoms with Gasteiger partial charge in [0.1, 0.15) is 0 Å². The molecule has 0 saturated heterocycles. The van der Waals surface area contributed by atoms with Crippen LogP contribution in [0.15, 0.2) is 60.9 Å². The molecule has 2 aromatic heterocycles. The molecule has 0 spiro atoms. The predicted octanol–water partition coefficient (Wildman–Crippen LogP) is 2.45. The molecule has 0 unspecified atom stereocenters. The summed E-state index contributed by atoms with van der Waals surface area (Å²) < 4.78 is 0. The van der Waals surface area contributed by atoms with E-state index in [4.69, 9.17) is 0 Å². The Hall–Kier alpha value is -3.54. The number of fused-ring (bicyclic) bond motifs is 2. The average Bonchev–Trinajstić information content (AvgIpc) is 3.32. The third-order valence-electron chi connectivity index (χ3n) is 5.24. The molecule has 1 amide bonds. The van der Waals surface area contributed by atoms with E-state index in [-0.39, 0.29) is 18.7 Å². The molecule has 4 rings (SSSR count). The fourth-order valence-corrected chi connectivity index (χ4v) is 3.76. The molecule has 1 atom stereocenters. The molecule has 6 nitrogen and oxygen atoms in total. The number of aromatic amines is 2. The molecule has 148 valence electrons. The van der Waals surface area contributed by atoms with Crippen molar-refractivity contribution >= 4 is 33.7 Å². The van der Waals surface area contributed by atoms with Gasteiger partial charge >= 0.3 is 0 Å². The van der Waals surface area contributed by atoms with Crippen molar-refractivity contribution in [2.45, 2.75) is 31.7 Å². The number of H-pyrrole nitrogens is 2. The lowest BCUT2D eigenvalue weighted by Crippen LogP contribution is -2.49. The van der Waals surface area contributed by atoms with E-state index in [9.17, 15) is 14.7 Å². The number of carboxylic acid groups (broad SMARTS) is 1. The smallest absolute Gasteiger partial charge is 0.220 e. The molecule has 0 fully saturated rings. The van der Waals surface area contributed by atoms with Gasteiger partial charge in [0.2, 0.25) is 5.91 Å². The van der Waals surface area contributed by atoms with Crippen molar-refractivity contribution in [1.29, 1.82) is 0 Å². The summed E-state index contributed by atoms with van der Waals surface area (Å²) in [5.74, 6) is -1.56. The van der Waals surface area contributed by atoms with E-state index in [0.717, 1.165) is 39.4 Å². The van der Waals surface area contributed by atoms with Crippen LogP contribution < -0.4 is 10.4 Å². The molecule has 0 bridgehead atoms. The summed E-state index contributed by atoms with van der Waals surface area (Å²) in [6.07, 6.45) is 5.57.